The Bertz CT molecular complexity index is 806. The lowest BCUT2D eigenvalue weighted by molar-refractivity contribution is -0.128. The van der Waals surface area contributed by atoms with Crippen molar-refractivity contribution in [3.63, 3.8) is 0 Å². The van der Waals surface area contributed by atoms with Crippen molar-refractivity contribution in [3.05, 3.63) is 90.0 Å². The van der Waals surface area contributed by atoms with Crippen LogP contribution in [0.25, 0.3) is 0 Å². The van der Waals surface area contributed by atoms with Gasteiger partial charge in [-0.25, -0.2) is 4.98 Å². The highest BCUT2D eigenvalue weighted by molar-refractivity contribution is 5.82. The molecule has 0 bridgehead atoms. The first-order valence-corrected chi connectivity index (χ1v) is 10.2. The Kier molecular flexibility index (Phi) is 7.59. The molecule has 1 atom stereocenters. The zero-order valence-electron chi connectivity index (χ0n) is 17.2. The van der Waals surface area contributed by atoms with Crippen molar-refractivity contribution >= 4 is 5.91 Å². The number of H-pyrrole nitrogens is 1. The monoisotopic (exact) mass is 390 g/mol. The first-order chi connectivity index (χ1) is 14.1. The number of imidazole rings is 1. The van der Waals surface area contributed by atoms with Crippen molar-refractivity contribution in [2.24, 2.45) is 5.92 Å². The number of aromatic amines is 1. The molecule has 0 aliphatic heterocycles. The minimum Gasteiger partial charge on any atom is -0.354 e. The molecule has 0 unspecified atom stereocenters. The third kappa shape index (κ3) is 6.29. The van der Waals surface area contributed by atoms with E-state index in [1.54, 1.807) is 12.5 Å². The van der Waals surface area contributed by atoms with Crippen molar-refractivity contribution in [1.82, 2.24) is 20.2 Å². The lowest BCUT2D eigenvalue weighted by Crippen LogP contribution is -2.49. The van der Waals surface area contributed by atoms with Crippen LogP contribution < -0.4 is 5.32 Å². The molecule has 0 aliphatic rings. The van der Waals surface area contributed by atoms with Gasteiger partial charge in [0, 0.05) is 37.9 Å². The van der Waals surface area contributed by atoms with Gasteiger partial charge in [-0.1, -0.05) is 74.5 Å². The maximum Gasteiger partial charge on any atom is 0.237 e. The predicted molar refractivity (Wildman–Crippen MR) is 116 cm³/mol. The second kappa shape index (κ2) is 10.6. The number of nitrogens with zero attached hydrogens (tertiary/aromatic N) is 2. The summed E-state index contributed by atoms with van der Waals surface area (Å²) in [7, 11) is 0. The molecule has 1 aromatic heterocycles. The summed E-state index contributed by atoms with van der Waals surface area (Å²) >= 11 is 0. The Hall–Kier alpha value is -2.92. The molecule has 2 aromatic carbocycles. The highest BCUT2D eigenvalue weighted by Crippen LogP contribution is 2.19. The number of rotatable bonds is 10. The van der Waals surface area contributed by atoms with Gasteiger partial charge in [-0.2, -0.15) is 0 Å². The lowest BCUT2D eigenvalue weighted by atomic mass is 9.99. The van der Waals surface area contributed by atoms with E-state index in [2.05, 4.69) is 58.3 Å². The van der Waals surface area contributed by atoms with E-state index in [-0.39, 0.29) is 17.9 Å². The second-order valence-electron chi connectivity index (χ2n) is 7.68. The van der Waals surface area contributed by atoms with Gasteiger partial charge >= 0.3 is 0 Å². The fraction of sp³-hybridized carbons (Fsp3) is 0.333. The van der Waals surface area contributed by atoms with Crippen LogP contribution in [0.15, 0.2) is 73.2 Å². The fourth-order valence-electron chi connectivity index (χ4n) is 3.63. The molecule has 0 aliphatic carbocycles. The molecule has 0 radical (unpaired) electrons. The topological polar surface area (TPSA) is 61.0 Å². The standard InChI is InChI=1S/C24H30N4O/c1-19(2)23(24(29)26-14-13-22-15-25-18-27-22)28(16-20-9-5-3-6-10-20)17-21-11-7-4-8-12-21/h3-12,15,18-19,23H,13-14,16-17H2,1-2H3,(H,25,27)(H,26,29)/t23-/m0/s1. The SMILES string of the molecule is CC(C)[C@@H](C(=O)NCCc1cnc[nH]1)N(Cc1ccccc1)Cc1ccccc1. The van der Waals surface area contributed by atoms with Gasteiger partial charge in [0.25, 0.3) is 0 Å². The number of hydrogen-bond acceptors (Lipinski definition) is 3. The van der Waals surface area contributed by atoms with Gasteiger partial charge in [-0.3, -0.25) is 9.69 Å². The Labute approximate surface area is 173 Å². The van der Waals surface area contributed by atoms with Crippen LogP contribution in [0, 0.1) is 5.92 Å². The number of aromatic nitrogens is 2. The summed E-state index contributed by atoms with van der Waals surface area (Å²) in [6, 6.07) is 20.5. The number of carbonyl (C=O) groups is 1. The van der Waals surface area contributed by atoms with Gasteiger partial charge in [0.15, 0.2) is 0 Å². The summed E-state index contributed by atoms with van der Waals surface area (Å²) in [4.78, 5) is 22.5. The van der Waals surface area contributed by atoms with E-state index in [9.17, 15) is 4.79 Å². The fourth-order valence-corrected chi connectivity index (χ4v) is 3.63. The molecule has 5 heteroatoms. The molecule has 1 amide bonds. The van der Waals surface area contributed by atoms with E-state index >= 15 is 0 Å². The molecular weight excluding hydrogens is 360 g/mol. The molecule has 152 valence electrons. The van der Waals surface area contributed by atoms with E-state index in [0.29, 0.717) is 6.54 Å². The van der Waals surface area contributed by atoms with E-state index in [0.717, 1.165) is 25.2 Å². The normalized spacial score (nSPS) is 12.3. The van der Waals surface area contributed by atoms with E-state index in [1.165, 1.54) is 11.1 Å². The highest BCUT2D eigenvalue weighted by Gasteiger charge is 2.29. The van der Waals surface area contributed by atoms with Crippen molar-refractivity contribution in [1.29, 1.82) is 0 Å². The maximum atomic E-state index is 13.2. The Morgan fingerprint density at radius 2 is 1.59 bits per heavy atom. The van der Waals surface area contributed by atoms with Crippen molar-refractivity contribution < 1.29 is 4.79 Å². The van der Waals surface area contributed by atoms with Crippen LogP contribution in [0.1, 0.15) is 30.7 Å². The predicted octanol–water partition coefficient (Wildman–Crippen LogP) is 3.80. The van der Waals surface area contributed by atoms with Crippen LogP contribution in [0.3, 0.4) is 0 Å². The largest absolute Gasteiger partial charge is 0.354 e. The van der Waals surface area contributed by atoms with E-state index in [1.807, 2.05) is 36.4 Å². The van der Waals surface area contributed by atoms with Gasteiger partial charge in [0.05, 0.1) is 12.4 Å². The molecule has 0 spiro atoms. The molecule has 3 aromatic rings. The van der Waals surface area contributed by atoms with Crippen LogP contribution in [0.4, 0.5) is 0 Å². The lowest BCUT2D eigenvalue weighted by Gasteiger charge is -2.33. The number of hydrogen-bond donors (Lipinski definition) is 2. The summed E-state index contributed by atoms with van der Waals surface area (Å²) in [6.45, 7) is 6.28. The molecule has 1 heterocycles. The highest BCUT2D eigenvalue weighted by atomic mass is 16.2. The summed E-state index contributed by atoms with van der Waals surface area (Å²) in [5.74, 6) is 0.265. The van der Waals surface area contributed by atoms with Gasteiger partial charge < -0.3 is 10.3 Å². The summed E-state index contributed by atoms with van der Waals surface area (Å²) in [5.41, 5.74) is 3.44. The van der Waals surface area contributed by atoms with E-state index < -0.39 is 0 Å². The minimum absolute atomic E-state index is 0.0753. The first kappa shape index (κ1) is 20.8. The van der Waals surface area contributed by atoms with Gasteiger partial charge in [0.1, 0.15) is 0 Å². The van der Waals surface area contributed by atoms with Gasteiger partial charge in [0.2, 0.25) is 5.91 Å². The van der Waals surface area contributed by atoms with Crippen LogP contribution in [0.5, 0.6) is 0 Å². The van der Waals surface area contributed by atoms with Gasteiger partial charge in [-0.05, 0) is 17.0 Å². The maximum absolute atomic E-state index is 13.2. The van der Waals surface area contributed by atoms with Crippen LogP contribution >= 0.6 is 0 Å². The Morgan fingerprint density at radius 3 is 2.07 bits per heavy atom. The van der Waals surface area contributed by atoms with Gasteiger partial charge in [-0.15, -0.1) is 0 Å². The molecule has 0 saturated carbocycles. The molecule has 0 fully saturated rings. The molecular formula is C24H30N4O. The molecule has 2 N–H and O–H groups in total. The molecule has 3 rings (SSSR count). The Morgan fingerprint density at radius 1 is 1.00 bits per heavy atom. The van der Waals surface area contributed by atoms with Crippen molar-refractivity contribution in [3.8, 4) is 0 Å². The number of nitrogens with one attached hydrogen (secondary N) is 2. The van der Waals surface area contributed by atoms with Crippen LogP contribution in [-0.4, -0.2) is 33.4 Å². The zero-order chi connectivity index (χ0) is 20.5. The zero-order valence-corrected chi connectivity index (χ0v) is 17.2. The van der Waals surface area contributed by atoms with Crippen LogP contribution in [0.2, 0.25) is 0 Å². The third-order valence-corrected chi connectivity index (χ3v) is 5.00. The summed E-state index contributed by atoms with van der Waals surface area (Å²) in [6.07, 6.45) is 4.20. The van der Waals surface area contributed by atoms with Crippen molar-refractivity contribution in [2.45, 2.75) is 39.4 Å². The number of benzene rings is 2. The molecule has 0 saturated heterocycles. The number of amides is 1. The third-order valence-electron chi connectivity index (χ3n) is 5.00. The van der Waals surface area contributed by atoms with E-state index in [4.69, 9.17) is 0 Å². The average Bonchev–Trinajstić information content (AvgIpc) is 3.23. The minimum atomic E-state index is -0.211. The Balaban J connectivity index is 1.73. The number of carbonyl (C=O) groups excluding carboxylic acids is 1. The molecule has 5 nitrogen and oxygen atoms in total. The second-order valence-corrected chi connectivity index (χ2v) is 7.68. The average molecular weight is 391 g/mol. The van der Waals surface area contributed by atoms with Crippen molar-refractivity contribution in [2.75, 3.05) is 6.54 Å². The summed E-state index contributed by atoms with van der Waals surface area (Å²) in [5, 5.41) is 3.13. The smallest absolute Gasteiger partial charge is 0.237 e. The first-order valence-electron chi connectivity index (χ1n) is 10.2. The quantitative estimate of drug-likeness (QED) is 0.554. The summed E-state index contributed by atoms with van der Waals surface area (Å²) < 4.78 is 0. The van der Waals surface area contributed by atoms with Crippen LogP contribution in [-0.2, 0) is 24.3 Å². The molecule has 29 heavy (non-hydrogen) atoms.